The Hall–Kier alpha value is -3.68. The number of nitrogens with zero attached hydrogens (tertiary/aromatic N) is 2. The van der Waals surface area contributed by atoms with E-state index < -0.39 is 24.5 Å². The number of aliphatic carboxylic acids is 2. The zero-order chi connectivity index (χ0) is 33.1. The summed E-state index contributed by atoms with van der Waals surface area (Å²) in [5.74, 6) is -1.67. The minimum absolute atomic E-state index is 0. The van der Waals surface area contributed by atoms with Gasteiger partial charge in [-0.1, -0.05) is 36.4 Å². The molecule has 0 spiro atoms. The van der Waals surface area contributed by atoms with E-state index in [9.17, 15) is 0 Å². The Labute approximate surface area is 294 Å². The van der Waals surface area contributed by atoms with Gasteiger partial charge in [-0.2, -0.15) is 0 Å². The molecule has 10 nitrogen and oxygen atoms in total. The summed E-state index contributed by atoms with van der Waals surface area (Å²) < 4.78 is 0. The zero-order valence-electron chi connectivity index (χ0n) is 25.4. The summed E-state index contributed by atoms with van der Waals surface area (Å²) in [5.41, 5.74) is 2.07. The molecule has 0 unspecified atom stereocenters. The van der Waals surface area contributed by atoms with Crippen LogP contribution in [-0.4, -0.2) is 65.1 Å². The van der Waals surface area contributed by atoms with Crippen molar-refractivity contribution in [3.8, 4) is 0 Å². The van der Waals surface area contributed by atoms with Gasteiger partial charge in [0.05, 0.1) is 0 Å². The average molecular weight is 814 g/mol. The molecule has 0 radical (unpaired) electrons. The Morgan fingerprint density at radius 1 is 0.565 bits per heavy atom. The first-order valence-corrected chi connectivity index (χ1v) is 13.2. The van der Waals surface area contributed by atoms with E-state index in [1.54, 1.807) is 0 Å². The van der Waals surface area contributed by atoms with Crippen LogP contribution in [0.2, 0.25) is 0 Å². The fourth-order valence-corrected chi connectivity index (χ4v) is 3.47. The Morgan fingerprint density at radius 2 is 0.826 bits per heavy atom. The molecule has 6 rings (SSSR count). The van der Waals surface area contributed by atoms with E-state index in [-0.39, 0.29) is 40.8 Å². The maximum atomic E-state index is 9.00. The van der Waals surface area contributed by atoms with Crippen molar-refractivity contribution in [3.63, 3.8) is 0 Å². The van der Waals surface area contributed by atoms with Gasteiger partial charge in [-0.25, -0.2) is 0 Å². The third-order valence-corrected chi connectivity index (χ3v) is 4.81. The maximum Gasteiger partial charge on any atom is 0.300 e. The summed E-state index contributed by atoms with van der Waals surface area (Å²) in [6, 6.07) is 34.9. The SMILES string of the molecule is CC(=O)O.CC(=O)O.CC(O)O.CC(O)O.[Pd].[Pd].[c-]1cccc2ccc3cccnc3c12.[c-]1cccc2ccc3cccnc3c12. The topological polar surface area (TPSA) is 181 Å². The van der Waals surface area contributed by atoms with Gasteiger partial charge in [0, 0.05) is 67.1 Å². The fourth-order valence-electron chi connectivity index (χ4n) is 3.47. The normalized spacial score (nSPS) is 9.26. The number of benzene rings is 4. The van der Waals surface area contributed by atoms with Gasteiger partial charge in [0.15, 0.2) is 0 Å². The first-order valence-electron chi connectivity index (χ1n) is 13.2. The van der Waals surface area contributed by atoms with Crippen LogP contribution in [0.15, 0.2) is 97.3 Å². The molecule has 252 valence electrons. The summed E-state index contributed by atoms with van der Waals surface area (Å²) in [6.07, 6.45) is 1.31. The van der Waals surface area contributed by atoms with Crippen LogP contribution in [0.3, 0.4) is 0 Å². The number of aliphatic hydroxyl groups excluding tert-OH is 2. The van der Waals surface area contributed by atoms with Gasteiger partial charge in [-0.05, 0) is 47.8 Å². The number of aromatic nitrogens is 2. The van der Waals surface area contributed by atoms with E-state index in [2.05, 4.69) is 70.6 Å². The van der Waals surface area contributed by atoms with Gasteiger partial charge in [0.1, 0.15) is 12.6 Å². The molecule has 2 aromatic heterocycles. The van der Waals surface area contributed by atoms with Gasteiger partial charge in [-0.15, -0.1) is 70.1 Å². The number of carboxylic acids is 2. The van der Waals surface area contributed by atoms with Crippen LogP contribution < -0.4 is 0 Å². The fraction of sp³-hybridized carbons (Fsp3) is 0.176. The molecular weight excluding hydrogens is 777 g/mol. The minimum Gasteiger partial charge on any atom is -0.481 e. The average Bonchev–Trinajstić information content (AvgIpc) is 2.96. The largest absolute Gasteiger partial charge is 0.481 e. The summed E-state index contributed by atoms with van der Waals surface area (Å²) in [6.45, 7) is 4.72. The number of carbonyl (C=O) groups is 2. The molecule has 46 heavy (non-hydrogen) atoms. The Balaban J connectivity index is 0. The van der Waals surface area contributed by atoms with E-state index in [0.29, 0.717) is 0 Å². The van der Waals surface area contributed by atoms with Crippen LogP contribution in [0.25, 0.3) is 43.4 Å². The first-order chi connectivity index (χ1) is 20.8. The molecule has 0 atom stereocenters. The van der Waals surface area contributed by atoms with Crippen molar-refractivity contribution in [2.24, 2.45) is 0 Å². The number of rotatable bonds is 0. The monoisotopic (exact) mass is 812 g/mol. The Morgan fingerprint density at radius 3 is 1.13 bits per heavy atom. The van der Waals surface area contributed by atoms with E-state index >= 15 is 0 Å². The van der Waals surface area contributed by atoms with E-state index in [4.69, 9.17) is 40.2 Å². The molecule has 0 saturated carbocycles. The third-order valence-electron chi connectivity index (χ3n) is 4.81. The molecule has 0 fully saturated rings. The Kier molecular flexibility index (Phi) is 23.7. The van der Waals surface area contributed by atoms with Crippen molar-refractivity contribution in [1.29, 1.82) is 0 Å². The smallest absolute Gasteiger partial charge is 0.300 e. The molecule has 0 amide bonds. The molecule has 0 saturated heterocycles. The van der Waals surface area contributed by atoms with Crippen LogP contribution in [0.5, 0.6) is 0 Å². The second kappa shape index (κ2) is 24.5. The molecule has 4 aromatic carbocycles. The standard InChI is InChI=1S/2C13H8N.2C2H6O2.2C2H4O2.2Pd/c2*1-2-6-12-10(4-1)7-8-11-5-3-9-14-13(11)12;4*1-2(3)4;;/h2*1-5,7-9H;2*2-4H,1H3;2*1H3,(H,3,4);;/q2*-1;;;;;;. The summed E-state index contributed by atoms with van der Waals surface area (Å²) in [7, 11) is 0. The van der Waals surface area contributed by atoms with Crippen molar-refractivity contribution in [2.45, 2.75) is 40.3 Å². The quantitative estimate of drug-likeness (QED) is 0.0518. The van der Waals surface area contributed by atoms with Crippen molar-refractivity contribution in [3.05, 3.63) is 109 Å². The number of carboxylic acid groups (broad SMARTS) is 2. The molecular formula is C34H36N2O8Pd2-2. The van der Waals surface area contributed by atoms with Crippen LogP contribution in [-0.2, 0) is 50.4 Å². The van der Waals surface area contributed by atoms with Crippen molar-refractivity contribution in [2.75, 3.05) is 0 Å². The van der Waals surface area contributed by atoms with Crippen molar-refractivity contribution < 1.29 is 81.1 Å². The second-order valence-electron chi connectivity index (χ2n) is 8.85. The van der Waals surface area contributed by atoms with E-state index in [1.165, 1.54) is 35.4 Å². The third kappa shape index (κ3) is 18.3. The molecule has 0 aliphatic carbocycles. The number of hydrogen-bond acceptors (Lipinski definition) is 8. The molecule has 0 aliphatic rings. The van der Waals surface area contributed by atoms with E-state index in [1.807, 2.05) is 48.8 Å². The molecule has 0 aliphatic heterocycles. The van der Waals surface area contributed by atoms with Crippen LogP contribution in [0.1, 0.15) is 27.7 Å². The van der Waals surface area contributed by atoms with E-state index in [0.717, 1.165) is 35.7 Å². The van der Waals surface area contributed by atoms with Gasteiger partial charge < -0.3 is 40.6 Å². The van der Waals surface area contributed by atoms with Gasteiger partial charge in [0.2, 0.25) is 0 Å². The summed E-state index contributed by atoms with van der Waals surface area (Å²) in [4.78, 5) is 26.8. The molecule has 2 heterocycles. The predicted molar refractivity (Wildman–Crippen MR) is 171 cm³/mol. The number of pyridine rings is 2. The van der Waals surface area contributed by atoms with Crippen molar-refractivity contribution >= 4 is 55.3 Å². The summed E-state index contributed by atoms with van der Waals surface area (Å²) >= 11 is 0. The van der Waals surface area contributed by atoms with Gasteiger partial charge in [0.25, 0.3) is 11.9 Å². The molecule has 0 bridgehead atoms. The zero-order valence-corrected chi connectivity index (χ0v) is 28.5. The number of aliphatic hydroxyl groups is 4. The van der Waals surface area contributed by atoms with Crippen LogP contribution in [0, 0.1) is 12.1 Å². The maximum absolute atomic E-state index is 9.00. The van der Waals surface area contributed by atoms with Gasteiger partial charge in [-0.3, -0.25) is 9.59 Å². The molecule has 6 aromatic rings. The van der Waals surface area contributed by atoms with Crippen molar-refractivity contribution in [1.82, 2.24) is 9.97 Å². The number of fused-ring (bicyclic) bond motifs is 6. The number of hydrogen-bond donors (Lipinski definition) is 6. The van der Waals surface area contributed by atoms with Crippen LogP contribution in [0.4, 0.5) is 0 Å². The van der Waals surface area contributed by atoms with Crippen LogP contribution >= 0.6 is 0 Å². The first kappa shape index (κ1) is 44.4. The Bertz CT molecular complexity index is 1500. The molecule has 12 heteroatoms. The summed E-state index contributed by atoms with van der Waals surface area (Å²) in [5, 5.41) is 52.2. The molecule has 6 N–H and O–H groups in total. The van der Waals surface area contributed by atoms with Gasteiger partial charge >= 0.3 is 0 Å². The second-order valence-corrected chi connectivity index (χ2v) is 8.85. The minimum atomic E-state index is -1.17. The predicted octanol–water partition coefficient (Wildman–Crippen LogP) is 5.19.